The number of anilines is 2. The third-order valence-corrected chi connectivity index (χ3v) is 4.39. The maximum Gasteiger partial charge on any atom is 0.264 e. The molecule has 112 valence electrons. The lowest BCUT2D eigenvalue weighted by atomic mass is 10.2. The van der Waals surface area contributed by atoms with Crippen LogP contribution in [-0.2, 0) is 10.0 Å². The van der Waals surface area contributed by atoms with Crippen molar-refractivity contribution >= 4 is 33.0 Å². The Kier molecular flexibility index (Phi) is 4.34. The molecule has 0 fully saturated rings. The van der Waals surface area contributed by atoms with Gasteiger partial charge >= 0.3 is 0 Å². The zero-order chi connectivity index (χ0) is 15.6. The second-order valence-electron chi connectivity index (χ2n) is 4.69. The average Bonchev–Trinajstić information content (AvgIpc) is 2.41. The fourth-order valence-corrected chi connectivity index (χ4v) is 2.80. The Balaban J connectivity index is 2.30. The largest absolute Gasteiger partial charge is 0.378 e. The van der Waals surface area contributed by atoms with Crippen molar-refractivity contribution in [3.05, 3.63) is 41.4 Å². The highest BCUT2D eigenvalue weighted by atomic mass is 35.5. The van der Waals surface area contributed by atoms with Gasteiger partial charge in [-0.3, -0.25) is 4.72 Å². The lowest BCUT2D eigenvalue weighted by Gasteiger charge is -2.16. The van der Waals surface area contributed by atoms with E-state index < -0.39 is 10.0 Å². The molecule has 0 saturated heterocycles. The first-order valence-electron chi connectivity index (χ1n) is 6.08. The molecule has 0 amide bonds. The summed E-state index contributed by atoms with van der Waals surface area (Å²) < 4.78 is 27.0. The van der Waals surface area contributed by atoms with Crippen molar-refractivity contribution in [1.82, 2.24) is 9.97 Å². The monoisotopic (exact) mass is 326 g/mol. The van der Waals surface area contributed by atoms with Crippen LogP contribution in [0.2, 0.25) is 5.28 Å². The molecular weight excluding hydrogens is 312 g/mol. The van der Waals surface area contributed by atoms with E-state index >= 15 is 0 Å². The molecule has 0 unspecified atom stereocenters. The smallest absolute Gasteiger partial charge is 0.264 e. The molecule has 0 aliphatic carbocycles. The predicted octanol–water partition coefficient (Wildman–Crippen LogP) is 2.31. The minimum atomic E-state index is -3.73. The molecule has 8 heteroatoms. The first kappa shape index (κ1) is 15.5. The van der Waals surface area contributed by atoms with Crippen molar-refractivity contribution < 1.29 is 8.42 Å². The Morgan fingerprint density at radius 1 is 1.19 bits per heavy atom. The van der Waals surface area contributed by atoms with Gasteiger partial charge in [0.05, 0.1) is 18.1 Å². The van der Waals surface area contributed by atoms with Crippen LogP contribution in [0.25, 0.3) is 0 Å². The molecule has 0 radical (unpaired) electrons. The highest BCUT2D eigenvalue weighted by Gasteiger charge is 2.16. The first-order chi connectivity index (χ1) is 9.79. The summed E-state index contributed by atoms with van der Waals surface area (Å²) in [6.45, 7) is 1.84. The van der Waals surface area contributed by atoms with Gasteiger partial charge in [0.25, 0.3) is 10.0 Å². The summed E-state index contributed by atoms with van der Waals surface area (Å²) in [6, 6.07) is 5.46. The van der Waals surface area contributed by atoms with Crippen LogP contribution < -0.4 is 9.62 Å². The molecule has 6 nitrogen and oxygen atoms in total. The number of nitrogens with zero attached hydrogens (tertiary/aromatic N) is 3. The molecule has 1 heterocycles. The Hall–Kier alpha value is -1.86. The standard InChI is InChI=1S/C13H15ClN4O2S/c1-9-6-10(18(2)3)4-5-12(9)17-21(19,20)11-7-15-13(14)16-8-11/h4-8,17H,1-3H3. The van der Waals surface area contributed by atoms with E-state index in [1.54, 1.807) is 6.07 Å². The maximum absolute atomic E-state index is 12.2. The zero-order valence-electron chi connectivity index (χ0n) is 11.8. The van der Waals surface area contributed by atoms with Gasteiger partial charge in [0.15, 0.2) is 0 Å². The van der Waals surface area contributed by atoms with E-state index in [1.807, 2.05) is 38.1 Å². The van der Waals surface area contributed by atoms with Gasteiger partial charge in [-0.25, -0.2) is 18.4 Å². The number of hydrogen-bond donors (Lipinski definition) is 1. The van der Waals surface area contributed by atoms with Crippen LogP contribution in [0.4, 0.5) is 11.4 Å². The van der Waals surface area contributed by atoms with Gasteiger partial charge in [-0.15, -0.1) is 0 Å². The summed E-state index contributed by atoms with van der Waals surface area (Å²) in [4.78, 5) is 9.25. The predicted molar refractivity (Wildman–Crippen MR) is 83.4 cm³/mol. The Labute approximate surface area is 128 Å². The molecule has 0 bridgehead atoms. The van der Waals surface area contributed by atoms with Gasteiger partial charge in [0, 0.05) is 19.8 Å². The van der Waals surface area contributed by atoms with Crippen molar-refractivity contribution in [2.24, 2.45) is 0 Å². The second-order valence-corrected chi connectivity index (χ2v) is 6.71. The fraction of sp³-hybridized carbons (Fsp3) is 0.231. The molecule has 1 N–H and O–H groups in total. The van der Waals surface area contributed by atoms with Crippen LogP contribution in [-0.4, -0.2) is 32.5 Å². The fourth-order valence-electron chi connectivity index (χ4n) is 1.68. The quantitative estimate of drug-likeness (QED) is 0.873. The molecule has 21 heavy (non-hydrogen) atoms. The Morgan fingerprint density at radius 2 is 1.81 bits per heavy atom. The van der Waals surface area contributed by atoms with E-state index in [2.05, 4.69) is 14.7 Å². The normalized spacial score (nSPS) is 11.2. The van der Waals surface area contributed by atoms with Gasteiger partial charge < -0.3 is 4.90 Å². The Bertz CT molecular complexity index is 745. The lowest BCUT2D eigenvalue weighted by molar-refractivity contribution is 0.600. The molecule has 0 aliphatic rings. The highest BCUT2D eigenvalue weighted by molar-refractivity contribution is 7.92. The minimum absolute atomic E-state index is 0.000432. The van der Waals surface area contributed by atoms with Gasteiger partial charge in [-0.2, -0.15) is 0 Å². The van der Waals surface area contributed by atoms with E-state index in [1.165, 1.54) is 12.4 Å². The number of nitrogens with one attached hydrogen (secondary N) is 1. The summed E-state index contributed by atoms with van der Waals surface area (Å²) >= 11 is 5.55. The van der Waals surface area contributed by atoms with E-state index in [0.29, 0.717) is 5.69 Å². The van der Waals surface area contributed by atoms with E-state index in [4.69, 9.17) is 11.6 Å². The molecule has 2 rings (SSSR count). The maximum atomic E-state index is 12.2. The van der Waals surface area contributed by atoms with Crippen LogP contribution >= 0.6 is 11.6 Å². The molecule has 0 atom stereocenters. The molecule has 0 saturated carbocycles. The van der Waals surface area contributed by atoms with Gasteiger partial charge in [-0.1, -0.05) is 0 Å². The third kappa shape index (κ3) is 3.62. The SMILES string of the molecule is Cc1cc(N(C)C)ccc1NS(=O)(=O)c1cnc(Cl)nc1. The minimum Gasteiger partial charge on any atom is -0.378 e. The van der Waals surface area contributed by atoms with E-state index in [-0.39, 0.29) is 10.2 Å². The number of sulfonamides is 1. The van der Waals surface area contributed by atoms with Crippen LogP contribution in [0.1, 0.15) is 5.56 Å². The number of hydrogen-bond acceptors (Lipinski definition) is 5. The molecule has 1 aromatic carbocycles. The number of aryl methyl sites for hydroxylation is 1. The lowest BCUT2D eigenvalue weighted by Crippen LogP contribution is -2.15. The number of benzene rings is 1. The van der Waals surface area contributed by atoms with Crippen molar-refractivity contribution in [2.45, 2.75) is 11.8 Å². The summed E-state index contributed by atoms with van der Waals surface area (Å²) in [5.74, 6) is 0. The van der Waals surface area contributed by atoms with Crippen molar-refractivity contribution in [2.75, 3.05) is 23.7 Å². The van der Waals surface area contributed by atoms with Crippen molar-refractivity contribution in [1.29, 1.82) is 0 Å². The average molecular weight is 327 g/mol. The van der Waals surface area contributed by atoms with Gasteiger partial charge in [-0.05, 0) is 42.3 Å². The summed E-state index contributed by atoms with van der Waals surface area (Å²) in [5, 5.41) is 0.000432. The number of rotatable bonds is 4. The van der Waals surface area contributed by atoms with Crippen molar-refractivity contribution in [3.63, 3.8) is 0 Å². The van der Waals surface area contributed by atoms with Crippen LogP contribution in [0.3, 0.4) is 0 Å². The van der Waals surface area contributed by atoms with Gasteiger partial charge in [0.1, 0.15) is 4.90 Å². The summed E-state index contributed by atoms with van der Waals surface area (Å²) in [7, 11) is 0.108. The zero-order valence-corrected chi connectivity index (χ0v) is 13.4. The van der Waals surface area contributed by atoms with Crippen LogP contribution in [0, 0.1) is 6.92 Å². The molecule has 0 spiro atoms. The van der Waals surface area contributed by atoms with Gasteiger partial charge in [0.2, 0.25) is 5.28 Å². The molecule has 0 aliphatic heterocycles. The highest BCUT2D eigenvalue weighted by Crippen LogP contribution is 2.23. The topological polar surface area (TPSA) is 75.2 Å². The number of halogens is 1. The van der Waals surface area contributed by atoms with Crippen LogP contribution in [0.5, 0.6) is 0 Å². The third-order valence-electron chi connectivity index (χ3n) is 2.88. The summed E-state index contributed by atoms with van der Waals surface area (Å²) in [5.41, 5.74) is 2.32. The Morgan fingerprint density at radius 3 is 2.33 bits per heavy atom. The second kappa shape index (κ2) is 5.87. The molecule has 1 aromatic heterocycles. The molecule has 2 aromatic rings. The number of aromatic nitrogens is 2. The van der Waals surface area contributed by atoms with Crippen LogP contribution in [0.15, 0.2) is 35.5 Å². The van der Waals surface area contributed by atoms with E-state index in [9.17, 15) is 8.42 Å². The summed E-state index contributed by atoms with van der Waals surface area (Å²) in [6.07, 6.45) is 2.34. The van der Waals surface area contributed by atoms with E-state index in [0.717, 1.165) is 11.3 Å². The van der Waals surface area contributed by atoms with Crippen molar-refractivity contribution in [3.8, 4) is 0 Å². The first-order valence-corrected chi connectivity index (χ1v) is 7.94. The molecular formula is C13H15ClN4O2S.